The van der Waals surface area contributed by atoms with E-state index in [9.17, 15) is 0 Å². The summed E-state index contributed by atoms with van der Waals surface area (Å²) in [6, 6.07) is 2.38. The fourth-order valence-corrected chi connectivity index (χ4v) is 3.24. The molecule has 92 valence electrons. The van der Waals surface area contributed by atoms with Crippen LogP contribution in [0.2, 0.25) is 0 Å². The summed E-state index contributed by atoms with van der Waals surface area (Å²) in [4.78, 5) is 2.99. The molecule has 1 aromatic rings. The van der Waals surface area contributed by atoms with Gasteiger partial charge in [-0.25, -0.2) is 0 Å². The lowest BCUT2D eigenvalue weighted by Gasteiger charge is -2.10. The van der Waals surface area contributed by atoms with Crippen LogP contribution in [0.15, 0.2) is 6.07 Å². The van der Waals surface area contributed by atoms with Crippen molar-refractivity contribution in [3.63, 3.8) is 0 Å². The second kappa shape index (κ2) is 7.11. The number of hydrogen-bond donors (Lipinski definition) is 0. The first-order valence-electron chi connectivity index (χ1n) is 6.69. The van der Waals surface area contributed by atoms with Crippen molar-refractivity contribution in [3.05, 3.63) is 21.4 Å². The minimum Gasteiger partial charge on any atom is -0.146 e. The molecule has 1 heterocycles. The molecule has 0 saturated heterocycles. The predicted molar refractivity (Wildman–Crippen MR) is 75.4 cm³/mol. The van der Waals surface area contributed by atoms with Crippen LogP contribution in [-0.4, -0.2) is 0 Å². The first-order chi connectivity index (χ1) is 7.63. The molecule has 0 radical (unpaired) electrons. The number of rotatable bonds is 7. The zero-order valence-corrected chi connectivity index (χ0v) is 12.1. The molecule has 0 aliphatic heterocycles. The Labute approximate surface area is 105 Å². The van der Waals surface area contributed by atoms with Crippen molar-refractivity contribution in [3.8, 4) is 0 Å². The Morgan fingerprint density at radius 1 is 1.19 bits per heavy atom. The highest BCUT2D eigenvalue weighted by Gasteiger charge is 2.08. The van der Waals surface area contributed by atoms with Crippen LogP contribution in [0.1, 0.15) is 61.3 Å². The van der Waals surface area contributed by atoms with Gasteiger partial charge in [-0.2, -0.15) is 0 Å². The summed E-state index contributed by atoms with van der Waals surface area (Å²) in [6.45, 7) is 9.16. The van der Waals surface area contributed by atoms with Gasteiger partial charge in [0.2, 0.25) is 0 Å². The molecule has 0 unspecified atom stereocenters. The third-order valence-electron chi connectivity index (χ3n) is 3.26. The van der Waals surface area contributed by atoms with Gasteiger partial charge in [0.25, 0.3) is 0 Å². The second-order valence-electron chi connectivity index (χ2n) is 5.10. The highest BCUT2D eigenvalue weighted by Crippen LogP contribution is 2.24. The van der Waals surface area contributed by atoms with E-state index in [1.54, 1.807) is 5.56 Å². The molecule has 0 aliphatic carbocycles. The lowest BCUT2D eigenvalue weighted by Crippen LogP contribution is -1.99. The van der Waals surface area contributed by atoms with Gasteiger partial charge in [-0.15, -0.1) is 11.3 Å². The van der Waals surface area contributed by atoms with Crippen molar-refractivity contribution in [1.29, 1.82) is 0 Å². The van der Waals surface area contributed by atoms with Crippen molar-refractivity contribution >= 4 is 11.3 Å². The molecule has 16 heavy (non-hydrogen) atoms. The van der Waals surface area contributed by atoms with Gasteiger partial charge in [-0.1, -0.05) is 46.0 Å². The van der Waals surface area contributed by atoms with Gasteiger partial charge >= 0.3 is 0 Å². The molecule has 1 heteroatoms. The number of hydrogen-bond acceptors (Lipinski definition) is 1. The Balaban J connectivity index is 2.28. The topological polar surface area (TPSA) is 0 Å². The molecule has 0 spiro atoms. The molecule has 1 atom stereocenters. The van der Waals surface area contributed by atoms with E-state index in [-0.39, 0.29) is 0 Å². The Morgan fingerprint density at radius 3 is 2.50 bits per heavy atom. The quantitative estimate of drug-likeness (QED) is 0.549. The molecule has 0 N–H and O–H groups in total. The van der Waals surface area contributed by atoms with Crippen molar-refractivity contribution in [2.24, 2.45) is 5.92 Å². The maximum absolute atomic E-state index is 2.40. The van der Waals surface area contributed by atoms with Gasteiger partial charge in [-0.3, -0.25) is 0 Å². The van der Waals surface area contributed by atoms with Gasteiger partial charge in [0, 0.05) is 9.75 Å². The van der Waals surface area contributed by atoms with Gasteiger partial charge in [-0.05, 0) is 37.8 Å². The normalized spacial score (nSPS) is 13.0. The summed E-state index contributed by atoms with van der Waals surface area (Å²) < 4.78 is 0. The van der Waals surface area contributed by atoms with Gasteiger partial charge in [0.05, 0.1) is 0 Å². The van der Waals surface area contributed by atoms with E-state index in [2.05, 4.69) is 33.8 Å². The SMILES string of the molecule is CCCCCC[C@H](C)Cc1cc(C)sc1C. The molecule has 1 aromatic heterocycles. The van der Waals surface area contributed by atoms with Crippen LogP contribution in [0.4, 0.5) is 0 Å². The average Bonchev–Trinajstić information content (AvgIpc) is 2.52. The molecule has 0 amide bonds. The minimum absolute atomic E-state index is 0.851. The maximum Gasteiger partial charge on any atom is 0.00491 e. The third-order valence-corrected chi connectivity index (χ3v) is 4.27. The second-order valence-corrected chi connectivity index (χ2v) is 6.56. The number of unbranched alkanes of at least 4 members (excludes halogenated alkanes) is 3. The largest absolute Gasteiger partial charge is 0.146 e. The van der Waals surface area contributed by atoms with E-state index in [0.29, 0.717) is 0 Å². The predicted octanol–water partition coefficient (Wildman–Crippen LogP) is 5.51. The van der Waals surface area contributed by atoms with Gasteiger partial charge < -0.3 is 0 Å². The zero-order valence-electron chi connectivity index (χ0n) is 11.3. The third kappa shape index (κ3) is 4.69. The lowest BCUT2D eigenvalue weighted by atomic mass is 9.95. The first-order valence-corrected chi connectivity index (χ1v) is 7.51. The highest BCUT2D eigenvalue weighted by molar-refractivity contribution is 7.12. The Hall–Kier alpha value is -0.300. The van der Waals surface area contributed by atoms with Crippen LogP contribution >= 0.6 is 11.3 Å². The van der Waals surface area contributed by atoms with Crippen LogP contribution in [0.5, 0.6) is 0 Å². The fraction of sp³-hybridized carbons (Fsp3) is 0.733. The fourth-order valence-electron chi connectivity index (χ4n) is 2.28. The van der Waals surface area contributed by atoms with Crippen molar-refractivity contribution in [2.45, 2.75) is 66.2 Å². The van der Waals surface area contributed by atoms with Crippen LogP contribution < -0.4 is 0 Å². The van der Waals surface area contributed by atoms with Crippen molar-refractivity contribution in [2.75, 3.05) is 0 Å². The zero-order chi connectivity index (χ0) is 12.0. The molecule has 0 bridgehead atoms. The van der Waals surface area contributed by atoms with E-state index in [1.165, 1.54) is 48.3 Å². The molecular formula is C15H26S. The summed E-state index contributed by atoms with van der Waals surface area (Å²) in [5.41, 5.74) is 1.59. The van der Waals surface area contributed by atoms with Gasteiger partial charge in [0.15, 0.2) is 0 Å². The van der Waals surface area contributed by atoms with Crippen LogP contribution in [0, 0.1) is 19.8 Å². The lowest BCUT2D eigenvalue weighted by molar-refractivity contribution is 0.487. The summed E-state index contributed by atoms with van der Waals surface area (Å²) in [7, 11) is 0. The smallest absolute Gasteiger partial charge is 0.00491 e. The number of thiophene rings is 1. The Bertz CT molecular complexity index is 298. The molecule has 0 nitrogen and oxygen atoms in total. The summed E-state index contributed by atoms with van der Waals surface area (Å²) in [5, 5.41) is 0. The van der Waals surface area contributed by atoms with Crippen molar-refractivity contribution < 1.29 is 0 Å². The molecule has 1 rings (SSSR count). The van der Waals surface area contributed by atoms with Crippen LogP contribution in [0.25, 0.3) is 0 Å². The molecule has 0 fully saturated rings. The van der Waals surface area contributed by atoms with E-state index in [1.807, 2.05) is 11.3 Å². The first kappa shape index (κ1) is 13.8. The van der Waals surface area contributed by atoms with Crippen molar-refractivity contribution in [1.82, 2.24) is 0 Å². The monoisotopic (exact) mass is 238 g/mol. The van der Waals surface area contributed by atoms with Gasteiger partial charge in [0.1, 0.15) is 0 Å². The minimum atomic E-state index is 0.851. The summed E-state index contributed by atoms with van der Waals surface area (Å²) in [5.74, 6) is 0.851. The van der Waals surface area contributed by atoms with E-state index in [0.717, 1.165) is 5.92 Å². The molecular weight excluding hydrogens is 212 g/mol. The van der Waals surface area contributed by atoms with E-state index < -0.39 is 0 Å². The molecule has 0 aromatic carbocycles. The average molecular weight is 238 g/mol. The van der Waals surface area contributed by atoms with Crippen LogP contribution in [0.3, 0.4) is 0 Å². The molecule has 0 saturated carbocycles. The maximum atomic E-state index is 2.40. The summed E-state index contributed by atoms with van der Waals surface area (Å²) in [6.07, 6.45) is 8.26. The van der Waals surface area contributed by atoms with E-state index in [4.69, 9.17) is 0 Å². The highest BCUT2D eigenvalue weighted by atomic mass is 32.1. The Kier molecular flexibility index (Phi) is 6.12. The van der Waals surface area contributed by atoms with Crippen LogP contribution in [-0.2, 0) is 6.42 Å². The van der Waals surface area contributed by atoms with E-state index >= 15 is 0 Å². The Morgan fingerprint density at radius 2 is 1.94 bits per heavy atom. The summed E-state index contributed by atoms with van der Waals surface area (Å²) >= 11 is 1.94. The standard InChI is InChI=1S/C15H26S/c1-5-6-7-8-9-12(2)10-15-11-13(3)16-14(15)4/h11-12H,5-10H2,1-4H3/t12-/m0/s1. The molecule has 0 aliphatic rings. The number of aryl methyl sites for hydroxylation is 2.